The van der Waals surface area contributed by atoms with Crippen molar-refractivity contribution in [3.05, 3.63) is 28.5 Å². The molecule has 0 radical (unpaired) electrons. The molecule has 2 rings (SSSR count). The zero-order valence-corrected chi connectivity index (χ0v) is 10.2. The van der Waals surface area contributed by atoms with Crippen LogP contribution in [0.5, 0.6) is 0 Å². The molecule has 0 bridgehead atoms. The number of H-pyrrole nitrogens is 1. The van der Waals surface area contributed by atoms with E-state index in [9.17, 15) is 0 Å². The van der Waals surface area contributed by atoms with Gasteiger partial charge in [0.05, 0.1) is 16.1 Å². The first-order chi connectivity index (χ1) is 6.89. The molecule has 0 fully saturated rings. The van der Waals surface area contributed by atoms with Gasteiger partial charge in [-0.1, -0.05) is 38.4 Å². The number of nitrogens with one attached hydrogen (secondary N) is 1. The summed E-state index contributed by atoms with van der Waals surface area (Å²) >= 11 is 6.12. The first-order valence-electron chi connectivity index (χ1n) is 5.05. The van der Waals surface area contributed by atoms with E-state index >= 15 is 0 Å². The van der Waals surface area contributed by atoms with Crippen molar-refractivity contribution in [3.8, 4) is 0 Å². The molecule has 1 aromatic carbocycles. The van der Waals surface area contributed by atoms with Crippen LogP contribution in [-0.4, -0.2) is 9.97 Å². The normalized spacial score (nSPS) is 12.3. The maximum Gasteiger partial charge on any atom is 0.104 e. The second kappa shape index (κ2) is 3.24. The van der Waals surface area contributed by atoms with E-state index < -0.39 is 0 Å². The van der Waals surface area contributed by atoms with Gasteiger partial charge in [0.2, 0.25) is 0 Å². The summed E-state index contributed by atoms with van der Waals surface area (Å²) in [4.78, 5) is 7.70. The second-order valence-corrected chi connectivity index (χ2v) is 5.30. The number of rotatable bonds is 0. The summed E-state index contributed by atoms with van der Waals surface area (Å²) in [6.45, 7) is 8.49. The van der Waals surface area contributed by atoms with Crippen LogP contribution in [0, 0.1) is 6.92 Å². The first-order valence-corrected chi connectivity index (χ1v) is 5.42. The zero-order valence-electron chi connectivity index (χ0n) is 9.48. The Kier molecular flexibility index (Phi) is 2.27. The van der Waals surface area contributed by atoms with Gasteiger partial charge in [-0.3, -0.25) is 0 Å². The number of aromatic nitrogens is 2. The van der Waals surface area contributed by atoms with Crippen molar-refractivity contribution < 1.29 is 0 Å². The van der Waals surface area contributed by atoms with Crippen molar-refractivity contribution in [2.75, 3.05) is 0 Å². The smallest absolute Gasteiger partial charge is 0.104 e. The van der Waals surface area contributed by atoms with Gasteiger partial charge in [0, 0.05) is 0 Å². The number of benzene rings is 1. The molecule has 2 nitrogen and oxygen atoms in total. The molecule has 1 heterocycles. The molecule has 15 heavy (non-hydrogen) atoms. The van der Waals surface area contributed by atoms with Crippen LogP contribution in [0.4, 0.5) is 0 Å². The van der Waals surface area contributed by atoms with Gasteiger partial charge in [-0.15, -0.1) is 0 Å². The fourth-order valence-corrected chi connectivity index (χ4v) is 1.98. The Morgan fingerprint density at radius 1 is 1.27 bits per heavy atom. The Bertz CT molecular complexity index is 506. The van der Waals surface area contributed by atoms with Crippen molar-refractivity contribution in [1.29, 1.82) is 0 Å². The van der Waals surface area contributed by atoms with Gasteiger partial charge in [-0.25, -0.2) is 4.98 Å². The van der Waals surface area contributed by atoms with Gasteiger partial charge >= 0.3 is 0 Å². The lowest BCUT2D eigenvalue weighted by atomic mass is 9.86. The lowest BCUT2D eigenvalue weighted by Gasteiger charge is -2.19. The molecule has 2 aromatic rings. The minimum Gasteiger partial charge on any atom is -0.341 e. The summed E-state index contributed by atoms with van der Waals surface area (Å²) in [6, 6.07) is 3.99. The van der Waals surface area contributed by atoms with E-state index in [1.54, 1.807) is 0 Å². The SMILES string of the molecule is Cc1nc2c(C(C)(C)C)ccc(Cl)c2[nH]1. The summed E-state index contributed by atoms with van der Waals surface area (Å²) in [6.07, 6.45) is 0. The topological polar surface area (TPSA) is 28.7 Å². The number of halogens is 1. The van der Waals surface area contributed by atoms with Crippen LogP contribution in [-0.2, 0) is 5.41 Å². The van der Waals surface area contributed by atoms with E-state index in [-0.39, 0.29) is 5.41 Å². The molecular weight excluding hydrogens is 208 g/mol. The molecule has 0 aliphatic heterocycles. The number of fused-ring (bicyclic) bond motifs is 1. The number of hydrogen-bond donors (Lipinski definition) is 1. The molecule has 0 saturated heterocycles. The molecule has 0 spiro atoms. The average Bonchev–Trinajstić information content (AvgIpc) is 2.45. The molecule has 0 amide bonds. The summed E-state index contributed by atoms with van der Waals surface area (Å²) in [5, 5.41) is 0.735. The van der Waals surface area contributed by atoms with Crippen molar-refractivity contribution >= 4 is 22.6 Å². The maximum atomic E-state index is 6.12. The van der Waals surface area contributed by atoms with Gasteiger partial charge < -0.3 is 4.98 Å². The van der Waals surface area contributed by atoms with Gasteiger partial charge in [0.25, 0.3) is 0 Å². The van der Waals surface area contributed by atoms with Crippen LogP contribution in [0.1, 0.15) is 32.2 Å². The zero-order chi connectivity index (χ0) is 11.2. The number of aromatic amines is 1. The summed E-state index contributed by atoms with van der Waals surface area (Å²) < 4.78 is 0. The molecule has 1 aromatic heterocycles. The van der Waals surface area contributed by atoms with Crippen LogP contribution in [0.15, 0.2) is 12.1 Å². The Labute approximate surface area is 94.7 Å². The number of imidazole rings is 1. The molecule has 80 valence electrons. The van der Waals surface area contributed by atoms with Gasteiger partial charge in [0.15, 0.2) is 0 Å². The third-order valence-electron chi connectivity index (χ3n) is 2.52. The molecular formula is C12H15ClN2. The van der Waals surface area contributed by atoms with E-state index in [4.69, 9.17) is 11.6 Å². The monoisotopic (exact) mass is 222 g/mol. The Hall–Kier alpha value is -1.02. The number of nitrogens with zero attached hydrogens (tertiary/aromatic N) is 1. The summed E-state index contributed by atoms with van der Waals surface area (Å²) in [7, 11) is 0. The third-order valence-corrected chi connectivity index (χ3v) is 2.84. The molecule has 0 unspecified atom stereocenters. The molecule has 3 heteroatoms. The quantitative estimate of drug-likeness (QED) is 0.721. The van der Waals surface area contributed by atoms with Crippen LogP contribution in [0.2, 0.25) is 5.02 Å². The number of aryl methyl sites for hydroxylation is 1. The lowest BCUT2D eigenvalue weighted by molar-refractivity contribution is 0.595. The van der Waals surface area contributed by atoms with Gasteiger partial charge in [0.1, 0.15) is 5.82 Å². The molecule has 0 aliphatic rings. The molecule has 0 saturated carbocycles. The van der Waals surface area contributed by atoms with E-state index in [1.165, 1.54) is 5.56 Å². The Morgan fingerprint density at radius 3 is 2.53 bits per heavy atom. The summed E-state index contributed by atoms with van der Waals surface area (Å²) in [5.41, 5.74) is 3.25. The van der Waals surface area contributed by atoms with E-state index in [2.05, 4.69) is 36.8 Å². The van der Waals surface area contributed by atoms with Gasteiger partial charge in [-0.2, -0.15) is 0 Å². The van der Waals surface area contributed by atoms with Crippen molar-refractivity contribution in [2.45, 2.75) is 33.1 Å². The van der Waals surface area contributed by atoms with Crippen LogP contribution >= 0.6 is 11.6 Å². The maximum absolute atomic E-state index is 6.12. The van der Waals surface area contributed by atoms with Crippen LogP contribution in [0.25, 0.3) is 11.0 Å². The molecule has 0 atom stereocenters. The highest BCUT2D eigenvalue weighted by Crippen LogP contribution is 2.32. The molecule has 1 N–H and O–H groups in total. The highest BCUT2D eigenvalue weighted by molar-refractivity contribution is 6.35. The summed E-state index contributed by atoms with van der Waals surface area (Å²) in [5.74, 6) is 0.906. The minimum atomic E-state index is 0.0878. The average molecular weight is 223 g/mol. The van der Waals surface area contributed by atoms with E-state index in [0.717, 1.165) is 21.9 Å². The fraction of sp³-hybridized carbons (Fsp3) is 0.417. The van der Waals surface area contributed by atoms with Crippen molar-refractivity contribution in [2.24, 2.45) is 0 Å². The highest BCUT2D eigenvalue weighted by Gasteiger charge is 2.19. The standard InChI is InChI=1S/C12H15ClN2/c1-7-14-10-8(12(2,3)4)5-6-9(13)11(10)15-7/h5-6H,1-4H3,(H,14,15). The van der Waals surface area contributed by atoms with Gasteiger partial charge in [-0.05, 0) is 24.0 Å². The predicted molar refractivity (Wildman–Crippen MR) is 64.5 cm³/mol. The highest BCUT2D eigenvalue weighted by atomic mass is 35.5. The largest absolute Gasteiger partial charge is 0.341 e. The lowest BCUT2D eigenvalue weighted by Crippen LogP contribution is -2.11. The fourth-order valence-electron chi connectivity index (χ4n) is 1.78. The van der Waals surface area contributed by atoms with E-state index in [1.807, 2.05) is 13.0 Å². The minimum absolute atomic E-state index is 0.0878. The van der Waals surface area contributed by atoms with Crippen molar-refractivity contribution in [1.82, 2.24) is 9.97 Å². The Morgan fingerprint density at radius 2 is 1.93 bits per heavy atom. The predicted octanol–water partition coefficient (Wildman–Crippen LogP) is 3.82. The van der Waals surface area contributed by atoms with Crippen LogP contribution in [0.3, 0.4) is 0 Å². The first kappa shape index (κ1) is 10.5. The van der Waals surface area contributed by atoms with Crippen molar-refractivity contribution in [3.63, 3.8) is 0 Å². The molecule has 0 aliphatic carbocycles. The number of hydrogen-bond acceptors (Lipinski definition) is 1. The Balaban J connectivity index is 2.83. The van der Waals surface area contributed by atoms with E-state index in [0.29, 0.717) is 0 Å². The second-order valence-electron chi connectivity index (χ2n) is 4.89. The van der Waals surface area contributed by atoms with Crippen LogP contribution < -0.4 is 0 Å². The third kappa shape index (κ3) is 1.74.